The van der Waals surface area contributed by atoms with Gasteiger partial charge in [-0.1, -0.05) is 106 Å². The van der Waals surface area contributed by atoms with E-state index in [9.17, 15) is 13.2 Å². The van der Waals surface area contributed by atoms with Gasteiger partial charge in [0.1, 0.15) is 11.7 Å². The maximum atomic E-state index is 13.7. The predicted molar refractivity (Wildman–Crippen MR) is 197 cm³/mol. The molecule has 2 aliphatic carbocycles. The molecule has 49 heavy (non-hydrogen) atoms. The third-order valence-electron chi connectivity index (χ3n) is 8.85. The average molecular weight is 683 g/mol. The third-order valence-corrected chi connectivity index (χ3v) is 8.85. The standard InChI is InChI=1S/C20H24F2N2.C20H27FN2.FH.H2O/c1-2-3-4-18(16-9-10-19(21)20(22)11-16)15-7-5-14(6-8-15)17-12-23-24-13-17;1-5-7-9-18(10-8-11-20(21)6-2)16(3)12-13-17(4)19-14-22-23-15-19;;/h5,7,9-10,12-13,16,18H,2-4,6,8,11H2,1H3,(H,23,24);6,8,11-15,18H,3-5,7,9-10H2,1-2H3,(H,22,23);1H;1H2/b;11-8-,13-12-,20-6+;;. The van der Waals surface area contributed by atoms with Crippen LogP contribution in [0.4, 0.5) is 17.9 Å². The van der Waals surface area contributed by atoms with Gasteiger partial charge in [-0.2, -0.15) is 10.2 Å². The van der Waals surface area contributed by atoms with Crippen molar-refractivity contribution in [1.29, 1.82) is 0 Å². The third kappa shape index (κ3) is 14.0. The topological polar surface area (TPSA) is 88.9 Å². The molecule has 0 aromatic carbocycles. The number of nitrogens with one attached hydrogen (secondary N) is 2. The quantitative estimate of drug-likeness (QED) is 0.136. The molecule has 0 aliphatic heterocycles. The monoisotopic (exact) mass is 682 g/mol. The molecular formula is C40H54F4N4O. The summed E-state index contributed by atoms with van der Waals surface area (Å²) in [6, 6.07) is 0. The van der Waals surface area contributed by atoms with Gasteiger partial charge >= 0.3 is 0 Å². The van der Waals surface area contributed by atoms with Crippen LogP contribution in [0, 0.1) is 17.8 Å². The number of aromatic amines is 2. The van der Waals surface area contributed by atoms with Crippen molar-refractivity contribution in [3.05, 3.63) is 132 Å². The second-order valence-electron chi connectivity index (χ2n) is 12.2. The summed E-state index contributed by atoms with van der Waals surface area (Å²) >= 11 is 0. The lowest BCUT2D eigenvalue weighted by Crippen LogP contribution is -2.19. The first kappa shape index (κ1) is 42.8. The van der Waals surface area contributed by atoms with Crippen molar-refractivity contribution < 1.29 is 23.4 Å². The first-order valence-electron chi connectivity index (χ1n) is 16.9. The second kappa shape index (κ2) is 23.2. The lowest BCUT2D eigenvalue weighted by Gasteiger charge is -2.30. The molecular weight excluding hydrogens is 628 g/mol. The molecule has 0 fully saturated rings. The average Bonchev–Trinajstić information content (AvgIpc) is 3.83. The molecule has 0 spiro atoms. The Morgan fingerprint density at radius 3 is 2.29 bits per heavy atom. The van der Waals surface area contributed by atoms with E-state index in [2.05, 4.69) is 59.6 Å². The summed E-state index contributed by atoms with van der Waals surface area (Å²) in [6.07, 6.45) is 33.2. The van der Waals surface area contributed by atoms with Gasteiger partial charge in [-0.25, -0.2) is 13.2 Å². The van der Waals surface area contributed by atoms with Crippen LogP contribution in [0.3, 0.4) is 0 Å². The van der Waals surface area contributed by atoms with Crippen LogP contribution >= 0.6 is 0 Å². The van der Waals surface area contributed by atoms with Gasteiger partial charge in [-0.15, -0.1) is 0 Å². The van der Waals surface area contributed by atoms with Crippen LogP contribution in [0.2, 0.25) is 0 Å². The van der Waals surface area contributed by atoms with Crippen molar-refractivity contribution in [2.45, 2.75) is 85.0 Å². The Bertz CT molecular complexity index is 1490. The number of hydrogen-bond donors (Lipinski definition) is 2. The van der Waals surface area contributed by atoms with Gasteiger partial charge in [0.05, 0.1) is 12.4 Å². The number of aromatic nitrogens is 4. The fraction of sp³-hybridized carbons (Fsp3) is 0.400. The molecule has 0 radical (unpaired) electrons. The van der Waals surface area contributed by atoms with E-state index in [4.69, 9.17) is 0 Å². The summed E-state index contributed by atoms with van der Waals surface area (Å²) in [5.74, 6) is -0.832. The smallest absolute Gasteiger partial charge is 0.154 e. The highest BCUT2D eigenvalue weighted by atomic mass is 19.2. The normalized spacial score (nSPS) is 17.4. The summed E-state index contributed by atoms with van der Waals surface area (Å²) in [5.41, 5.74) is 6.68. The van der Waals surface area contributed by atoms with E-state index in [1.54, 1.807) is 13.1 Å². The molecule has 4 N–H and O–H groups in total. The lowest BCUT2D eigenvalue weighted by atomic mass is 9.75. The molecule has 0 amide bonds. The first-order chi connectivity index (χ1) is 22.8. The van der Waals surface area contributed by atoms with E-state index in [-0.39, 0.29) is 28.3 Å². The van der Waals surface area contributed by atoms with Crippen molar-refractivity contribution in [3.8, 4) is 0 Å². The maximum absolute atomic E-state index is 13.7. The lowest BCUT2D eigenvalue weighted by molar-refractivity contribution is 0.360. The molecule has 0 saturated heterocycles. The van der Waals surface area contributed by atoms with Gasteiger partial charge in [-0.3, -0.25) is 14.9 Å². The van der Waals surface area contributed by atoms with E-state index < -0.39 is 11.7 Å². The molecule has 5 nitrogen and oxygen atoms in total. The molecule has 4 rings (SSSR count). The van der Waals surface area contributed by atoms with Gasteiger partial charge in [0.25, 0.3) is 0 Å². The van der Waals surface area contributed by atoms with Crippen molar-refractivity contribution in [3.63, 3.8) is 0 Å². The molecule has 3 atom stereocenters. The van der Waals surface area contributed by atoms with Gasteiger partial charge in [-0.05, 0) is 80.1 Å². The Kier molecular flexibility index (Phi) is 20.2. The molecule has 2 heterocycles. The number of H-pyrrole nitrogens is 2. The minimum atomic E-state index is -0.708. The van der Waals surface area contributed by atoms with Gasteiger partial charge < -0.3 is 5.48 Å². The van der Waals surface area contributed by atoms with Crippen LogP contribution in [0.1, 0.15) is 96.1 Å². The van der Waals surface area contributed by atoms with Crippen molar-refractivity contribution in [2.75, 3.05) is 0 Å². The number of rotatable bonds is 16. The molecule has 9 heteroatoms. The van der Waals surface area contributed by atoms with E-state index in [1.807, 2.05) is 42.9 Å². The molecule has 2 aromatic heterocycles. The van der Waals surface area contributed by atoms with Crippen molar-refractivity contribution in [2.24, 2.45) is 17.8 Å². The molecule has 0 bridgehead atoms. The summed E-state index contributed by atoms with van der Waals surface area (Å²) in [4.78, 5) is 0. The summed E-state index contributed by atoms with van der Waals surface area (Å²) in [6.45, 7) is 14.2. The molecule has 3 unspecified atom stereocenters. The SMILES string of the molecule is C=C(/C=C\C(=C)C(C/C=C\C(F)=C/C)CCCC)c1cn[nH]c1.CCCCC(C1=CC=C(c2cn[nH]c2)CC1)C1C=CC(F)=C(F)C1.F.O. The van der Waals surface area contributed by atoms with Crippen LogP contribution in [-0.4, -0.2) is 25.9 Å². The second-order valence-corrected chi connectivity index (χ2v) is 12.2. The summed E-state index contributed by atoms with van der Waals surface area (Å²) in [5, 5.41) is 13.5. The zero-order chi connectivity index (χ0) is 34.0. The van der Waals surface area contributed by atoms with Crippen LogP contribution in [0.5, 0.6) is 0 Å². The fourth-order valence-electron chi connectivity index (χ4n) is 5.89. The number of unbranched alkanes of at least 4 members (excludes halogenated alkanes) is 2. The van der Waals surface area contributed by atoms with Crippen molar-refractivity contribution >= 4 is 11.1 Å². The van der Waals surface area contributed by atoms with Gasteiger partial charge in [0.2, 0.25) is 0 Å². The van der Waals surface area contributed by atoms with Crippen LogP contribution in [0.15, 0.2) is 121 Å². The predicted octanol–water partition coefficient (Wildman–Crippen LogP) is 11.5. The fourth-order valence-corrected chi connectivity index (χ4v) is 5.89. The Balaban J connectivity index is 0.000000472. The Hall–Kier alpha value is -4.24. The number of allylic oxidation sites excluding steroid dienone is 16. The van der Waals surface area contributed by atoms with E-state index in [1.165, 1.54) is 29.4 Å². The molecule has 2 aromatic rings. The highest BCUT2D eigenvalue weighted by Gasteiger charge is 2.28. The van der Waals surface area contributed by atoms with Crippen LogP contribution < -0.4 is 0 Å². The minimum absolute atomic E-state index is 0. The summed E-state index contributed by atoms with van der Waals surface area (Å²) < 4.78 is 40.2. The highest BCUT2D eigenvalue weighted by molar-refractivity contribution is 5.71. The summed E-state index contributed by atoms with van der Waals surface area (Å²) in [7, 11) is 0. The Morgan fingerprint density at radius 1 is 0.980 bits per heavy atom. The van der Waals surface area contributed by atoms with Crippen LogP contribution in [0.25, 0.3) is 11.1 Å². The maximum Gasteiger partial charge on any atom is 0.154 e. The van der Waals surface area contributed by atoms with Crippen molar-refractivity contribution in [1.82, 2.24) is 20.4 Å². The number of nitrogens with zero attached hydrogens (tertiary/aromatic N) is 2. The highest BCUT2D eigenvalue weighted by Crippen LogP contribution is 2.40. The molecule has 0 saturated carbocycles. The van der Waals surface area contributed by atoms with E-state index in [0.29, 0.717) is 11.8 Å². The Morgan fingerprint density at radius 2 is 1.69 bits per heavy atom. The Labute approximate surface area is 289 Å². The zero-order valence-corrected chi connectivity index (χ0v) is 29.2. The molecule has 268 valence electrons. The molecule has 2 aliphatic rings. The van der Waals surface area contributed by atoms with E-state index >= 15 is 0 Å². The van der Waals surface area contributed by atoms with Crippen LogP contribution in [-0.2, 0) is 0 Å². The largest absolute Gasteiger partial charge is 0.412 e. The first-order valence-corrected chi connectivity index (χ1v) is 16.9. The van der Waals surface area contributed by atoms with E-state index in [0.717, 1.165) is 80.1 Å². The number of hydrogen-bond acceptors (Lipinski definition) is 2. The number of halogens is 4. The zero-order valence-electron chi connectivity index (χ0n) is 29.2. The minimum Gasteiger partial charge on any atom is -0.412 e. The van der Waals surface area contributed by atoms with Gasteiger partial charge in [0, 0.05) is 29.9 Å². The van der Waals surface area contributed by atoms with Gasteiger partial charge in [0.15, 0.2) is 5.83 Å².